The highest BCUT2D eigenvalue weighted by Gasteiger charge is 2.35. The first-order chi connectivity index (χ1) is 7.50. The van der Waals surface area contributed by atoms with Gasteiger partial charge in [-0.25, -0.2) is 0 Å². The summed E-state index contributed by atoms with van der Waals surface area (Å²) in [6, 6.07) is 8.45. The number of hydrogen-bond acceptors (Lipinski definition) is 1. The Bertz CT molecular complexity index is 404. The molecule has 0 spiro atoms. The van der Waals surface area contributed by atoms with Crippen LogP contribution in [0.5, 0.6) is 0 Å². The van der Waals surface area contributed by atoms with E-state index in [1.807, 2.05) is 0 Å². The van der Waals surface area contributed by atoms with Crippen LogP contribution in [0.2, 0.25) is 0 Å². The Labute approximate surface area is 97.9 Å². The highest BCUT2D eigenvalue weighted by atomic mass is 16.1. The lowest BCUT2D eigenvalue weighted by molar-refractivity contribution is -0.129. The van der Waals surface area contributed by atoms with Crippen molar-refractivity contribution in [1.82, 2.24) is 0 Å². The summed E-state index contributed by atoms with van der Waals surface area (Å²) in [6.07, 6.45) is 2.88. The molecule has 0 amide bonds. The van der Waals surface area contributed by atoms with Gasteiger partial charge in [0.2, 0.25) is 0 Å². The largest absolute Gasteiger partial charge is 0.299 e. The average molecular weight is 216 g/mol. The molecule has 2 rings (SSSR count). The summed E-state index contributed by atoms with van der Waals surface area (Å²) in [6.45, 7) is 6.28. The molecule has 1 aromatic carbocycles. The normalized spacial score (nSPS) is 24.4. The Balaban J connectivity index is 2.20. The highest BCUT2D eigenvalue weighted by molar-refractivity contribution is 5.85. The fraction of sp³-hybridized carbons (Fsp3) is 0.533. The number of carbonyl (C=O) groups excluding carboxylic acids is 1. The number of Topliss-reactive ketones (excluding diaryl/α,β-unsaturated/α-hetero) is 1. The van der Waals surface area contributed by atoms with E-state index in [1.165, 1.54) is 11.1 Å². The van der Waals surface area contributed by atoms with Gasteiger partial charge in [0.25, 0.3) is 0 Å². The third-order valence-corrected chi connectivity index (χ3v) is 3.93. The van der Waals surface area contributed by atoms with Crippen LogP contribution in [0.3, 0.4) is 0 Å². The quantitative estimate of drug-likeness (QED) is 0.696. The average Bonchev–Trinajstić information content (AvgIpc) is 2.23. The van der Waals surface area contributed by atoms with Crippen LogP contribution in [0.4, 0.5) is 0 Å². The zero-order valence-corrected chi connectivity index (χ0v) is 10.4. The summed E-state index contributed by atoms with van der Waals surface area (Å²) >= 11 is 0. The van der Waals surface area contributed by atoms with Gasteiger partial charge < -0.3 is 0 Å². The number of rotatable bonds is 1. The molecule has 16 heavy (non-hydrogen) atoms. The van der Waals surface area contributed by atoms with Gasteiger partial charge in [-0.05, 0) is 36.8 Å². The lowest BCUT2D eigenvalue weighted by atomic mass is 9.70. The second kappa shape index (κ2) is 4.04. The minimum atomic E-state index is -0.0980. The number of benzene rings is 1. The van der Waals surface area contributed by atoms with E-state index < -0.39 is 0 Å². The van der Waals surface area contributed by atoms with Gasteiger partial charge in [0.15, 0.2) is 0 Å². The topological polar surface area (TPSA) is 17.1 Å². The maximum atomic E-state index is 12.0. The molecule has 0 aliphatic heterocycles. The van der Waals surface area contributed by atoms with Crippen molar-refractivity contribution in [2.75, 3.05) is 0 Å². The van der Waals surface area contributed by atoms with Gasteiger partial charge in [-0.1, -0.05) is 38.1 Å². The molecule has 1 nitrogen and oxygen atoms in total. The van der Waals surface area contributed by atoms with E-state index in [2.05, 4.69) is 45.0 Å². The summed E-state index contributed by atoms with van der Waals surface area (Å²) < 4.78 is 0. The van der Waals surface area contributed by atoms with Gasteiger partial charge in [0, 0.05) is 11.8 Å². The summed E-state index contributed by atoms with van der Waals surface area (Å²) in [7, 11) is 0. The van der Waals surface area contributed by atoms with Crippen molar-refractivity contribution in [1.29, 1.82) is 0 Å². The molecule has 1 aliphatic rings. The van der Waals surface area contributed by atoms with E-state index in [1.54, 1.807) is 0 Å². The second-order valence-electron chi connectivity index (χ2n) is 5.60. The molecule has 1 atom stereocenters. The van der Waals surface area contributed by atoms with Crippen LogP contribution >= 0.6 is 0 Å². The van der Waals surface area contributed by atoms with E-state index in [4.69, 9.17) is 0 Å². The van der Waals surface area contributed by atoms with E-state index in [0.717, 1.165) is 19.3 Å². The van der Waals surface area contributed by atoms with Crippen LogP contribution in [-0.4, -0.2) is 5.78 Å². The number of carbonyl (C=O) groups is 1. The van der Waals surface area contributed by atoms with Crippen LogP contribution in [-0.2, 0) is 4.79 Å². The van der Waals surface area contributed by atoms with E-state index >= 15 is 0 Å². The van der Waals surface area contributed by atoms with Gasteiger partial charge in [-0.2, -0.15) is 0 Å². The van der Waals surface area contributed by atoms with E-state index in [0.29, 0.717) is 11.7 Å². The predicted octanol–water partition coefficient (Wildman–Crippen LogP) is 3.86. The Kier molecular flexibility index (Phi) is 2.88. The first-order valence-corrected chi connectivity index (χ1v) is 6.09. The molecule has 1 aliphatic carbocycles. The van der Waals surface area contributed by atoms with Crippen molar-refractivity contribution in [3.8, 4) is 0 Å². The van der Waals surface area contributed by atoms with E-state index in [9.17, 15) is 4.79 Å². The molecule has 1 saturated carbocycles. The number of hydrogen-bond donors (Lipinski definition) is 0. The maximum absolute atomic E-state index is 12.0. The van der Waals surface area contributed by atoms with Crippen molar-refractivity contribution in [2.45, 2.75) is 46.0 Å². The van der Waals surface area contributed by atoms with Crippen molar-refractivity contribution >= 4 is 5.78 Å². The fourth-order valence-corrected chi connectivity index (χ4v) is 2.59. The highest BCUT2D eigenvalue weighted by Crippen LogP contribution is 2.40. The zero-order valence-electron chi connectivity index (χ0n) is 10.4. The fourth-order valence-electron chi connectivity index (χ4n) is 2.59. The molecule has 0 radical (unpaired) electrons. The predicted molar refractivity (Wildman–Crippen MR) is 66.6 cm³/mol. The molecule has 0 N–H and O–H groups in total. The first-order valence-electron chi connectivity index (χ1n) is 6.09. The van der Waals surface area contributed by atoms with E-state index in [-0.39, 0.29) is 5.41 Å². The Morgan fingerprint density at radius 3 is 2.56 bits per heavy atom. The minimum absolute atomic E-state index is 0.0980. The van der Waals surface area contributed by atoms with Crippen LogP contribution in [0, 0.1) is 12.3 Å². The summed E-state index contributed by atoms with van der Waals surface area (Å²) in [4.78, 5) is 12.0. The summed E-state index contributed by atoms with van der Waals surface area (Å²) in [5, 5.41) is 0. The maximum Gasteiger partial charge on any atom is 0.139 e. The standard InChI is InChI=1S/C15H20O/c1-11-6-4-5-7-13(11)12-8-9-15(2,3)14(16)10-12/h4-7,12H,8-10H2,1-3H3. The van der Waals surface area contributed by atoms with Crippen molar-refractivity contribution in [2.24, 2.45) is 5.41 Å². The van der Waals surface area contributed by atoms with Gasteiger partial charge in [0.1, 0.15) is 5.78 Å². The first kappa shape index (κ1) is 11.4. The Morgan fingerprint density at radius 1 is 1.25 bits per heavy atom. The van der Waals surface area contributed by atoms with Crippen molar-refractivity contribution in [3.63, 3.8) is 0 Å². The number of aryl methyl sites for hydroxylation is 1. The molecule has 0 bridgehead atoms. The molecule has 86 valence electrons. The third kappa shape index (κ3) is 2.04. The lowest BCUT2D eigenvalue weighted by Crippen LogP contribution is -2.31. The van der Waals surface area contributed by atoms with Gasteiger partial charge in [-0.3, -0.25) is 4.79 Å². The van der Waals surface area contributed by atoms with Crippen LogP contribution in [0.15, 0.2) is 24.3 Å². The molecule has 1 heteroatoms. The molecule has 1 unspecified atom stereocenters. The molecule has 1 aromatic rings. The van der Waals surface area contributed by atoms with Crippen molar-refractivity contribution < 1.29 is 4.79 Å². The second-order valence-corrected chi connectivity index (χ2v) is 5.60. The lowest BCUT2D eigenvalue weighted by Gasteiger charge is -2.33. The third-order valence-electron chi connectivity index (χ3n) is 3.93. The number of ketones is 1. The monoisotopic (exact) mass is 216 g/mol. The molecule has 0 aromatic heterocycles. The molecule has 0 heterocycles. The zero-order chi connectivity index (χ0) is 11.8. The Hall–Kier alpha value is -1.11. The molecule has 1 fully saturated rings. The van der Waals surface area contributed by atoms with Gasteiger partial charge in [-0.15, -0.1) is 0 Å². The van der Waals surface area contributed by atoms with Crippen LogP contribution < -0.4 is 0 Å². The molecular formula is C15H20O. The molecule has 0 saturated heterocycles. The van der Waals surface area contributed by atoms with Crippen LogP contribution in [0.1, 0.15) is 50.2 Å². The summed E-state index contributed by atoms with van der Waals surface area (Å²) in [5.41, 5.74) is 2.59. The molecular weight excluding hydrogens is 196 g/mol. The van der Waals surface area contributed by atoms with Gasteiger partial charge >= 0.3 is 0 Å². The van der Waals surface area contributed by atoms with Gasteiger partial charge in [0.05, 0.1) is 0 Å². The summed E-state index contributed by atoms with van der Waals surface area (Å²) in [5.74, 6) is 0.869. The SMILES string of the molecule is Cc1ccccc1C1CCC(C)(C)C(=O)C1. The van der Waals surface area contributed by atoms with Crippen LogP contribution in [0.25, 0.3) is 0 Å². The smallest absolute Gasteiger partial charge is 0.139 e. The minimum Gasteiger partial charge on any atom is -0.299 e. The Morgan fingerprint density at radius 2 is 1.94 bits per heavy atom. The van der Waals surface area contributed by atoms with Crippen molar-refractivity contribution in [3.05, 3.63) is 35.4 Å².